The van der Waals surface area contributed by atoms with E-state index >= 15 is 0 Å². The molecule has 150 valence electrons. The highest BCUT2D eigenvalue weighted by molar-refractivity contribution is 7.92. The summed E-state index contributed by atoms with van der Waals surface area (Å²) < 4.78 is 52.6. The monoisotopic (exact) mass is 411 g/mol. The van der Waals surface area contributed by atoms with Gasteiger partial charge in [-0.05, 0) is 36.8 Å². The van der Waals surface area contributed by atoms with Crippen LogP contribution in [0.4, 0.5) is 20.2 Å². The molecule has 2 aromatic rings. The van der Waals surface area contributed by atoms with Crippen molar-refractivity contribution in [2.24, 2.45) is 0 Å². The lowest BCUT2D eigenvalue weighted by molar-refractivity contribution is -0.114. The molecule has 0 aliphatic carbocycles. The number of benzene rings is 2. The van der Waals surface area contributed by atoms with Crippen LogP contribution in [0.2, 0.25) is 0 Å². The third-order valence-corrected chi connectivity index (χ3v) is 4.19. The van der Waals surface area contributed by atoms with Crippen LogP contribution in [0.25, 0.3) is 0 Å². The van der Waals surface area contributed by atoms with Crippen LogP contribution in [0.15, 0.2) is 36.4 Å². The van der Waals surface area contributed by atoms with E-state index in [1.807, 2.05) is 0 Å². The molecule has 0 heterocycles. The van der Waals surface area contributed by atoms with Gasteiger partial charge >= 0.3 is 0 Å². The molecular formula is C18H19F2N3O4S. The molecule has 2 aromatic carbocycles. The van der Waals surface area contributed by atoms with Gasteiger partial charge in [-0.25, -0.2) is 17.2 Å². The number of rotatable bonds is 7. The lowest BCUT2D eigenvalue weighted by Gasteiger charge is -2.13. The minimum atomic E-state index is -3.66. The Morgan fingerprint density at radius 1 is 1.07 bits per heavy atom. The maximum atomic E-state index is 13.7. The first kappa shape index (κ1) is 21.3. The molecule has 0 unspecified atom stereocenters. The van der Waals surface area contributed by atoms with Gasteiger partial charge < -0.3 is 10.6 Å². The molecule has 0 saturated heterocycles. The minimum Gasteiger partial charge on any atom is -0.352 e. The number of halogens is 2. The van der Waals surface area contributed by atoms with Gasteiger partial charge in [0.2, 0.25) is 15.9 Å². The summed E-state index contributed by atoms with van der Waals surface area (Å²) in [5, 5.41) is 4.98. The molecule has 3 N–H and O–H groups in total. The van der Waals surface area contributed by atoms with Crippen molar-refractivity contribution in [1.82, 2.24) is 5.32 Å². The first-order chi connectivity index (χ1) is 13.1. The van der Waals surface area contributed by atoms with Gasteiger partial charge in [0.05, 0.1) is 17.5 Å². The Morgan fingerprint density at radius 3 is 2.29 bits per heavy atom. The summed E-state index contributed by atoms with van der Waals surface area (Å²) in [7, 11) is -3.66. The standard InChI is InChI=1S/C18H19F2N3O4S/c1-11(24)22-12-6-7-17(23-28(2,26)27)14(10-12)18(25)21-9-8-13-15(19)4-3-5-16(13)20/h3-7,10,23H,8-9H2,1-2H3,(H,21,25)(H,22,24). The zero-order chi connectivity index (χ0) is 20.9. The molecule has 0 bridgehead atoms. The van der Waals surface area contributed by atoms with E-state index in [0.29, 0.717) is 0 Å². The van der Waals surface area contributed by atoms with Gasteiger partial charge in [-0.15, -0.1) is 0 Å². The predicted octanol–water partition coefficient (Wildman–Crippen LogP) is 2.27. The molecule has 2 amide bonds. The van der Waals surface area contributed by atoms with Gasteiger partial charge in [-0.2, -0.15) is 0 Å². The van der Waals surface area contributed by atoms with Crippen molar-refractivity contribution in [2.75, 3.05) is 22.8 Å². The number of amides is 2. The van der Waals surface area contributed by atoms with Crippen LogP contribution in [0.3, 0.4) is 0 Å². The number of carbonyl (C=O) groups is 2. The summed E-state index contributed by atoms with van der Waals surface area (Å²) in [4.78, 5) is 23.7. The van der Waals surface area contributed by atoms with Crippen molar-refractivity contribution in [1.29, 1.82) is 0 Å². The van der Waals surface area contributed by atoms with Gasteiger partial charge in [0, 0.05) is 24.7 Å². The van der Waals surface area contributed by atoms with Crippen LogP contribution in [0.1, 0.15) is 22.8 Å². The summed E-state index contributed by atoms with van der Waals surface area (Å²) in [5.74, 6) is -2.48. The van der Waals surface area contributed by atoms with Crippen molar-refractivity contribution in [3.63, 3.8) is 0 Å². The Kier molecular flexibility index (Phi) is 6.68. The average Bonchev–Trinajstić information content (AvgIpc) is 2.57. The SMILES string of the molecule is CC(=O)Nc1ccc(NS(C)(=O)=O)c(C(=O)NCCc2c(F)cccc2F)c1. The van der Waals surface area contributed by atoms with E-state index in [-0.39, 0.29) is 41.4 Å². The van der Waals surface area contributed by atoms with Crippen molar-refractivity contribution < 1.29 is 26.8 Å². The summed E-state index contributed by atoms with van der Waals surface area (Å²) in [6.45, 7) is 1.20. The summed E-state index contributed by atoms with van der Waals surface area (Å²) in [5.41, 5.74) is 0.0815. The average molecular weight is 411 g/mol. The molecule has 7 nitrogen and oxygen atoms in total. The molecule has 0 fully saturated rings. The molecule has 2 rings (SSSR count). The molecular weight excluding hydrogens is 392 g/mol. The van der Waals surface area contributed by atoms with Crippen molar-refractivity contribution in [2.45, 2.75) is 13.3 Å². The largest absolute Gasteiger partial charge is 0.352 e. The van der Waals surface area contributed by atoms with Crippen molar-refractivity contribution in [3.8, 4) is 0 Å². The third-order valence-electron chi connectivity index (χ3n) is 3.60. The Morgan fingerprint density at radius 2 is 1.71 bits per heavy atom. The van der Waals surface area contributed by atoms with Gasteiger partial charge in [0.1, 0.15) is 11.6 Å². The molecule has 0 aromatic heterocycles. The van der Waals surface area contributed by atoms with Gasteiger partial charge in [-0.3, -0.25) is 14.3 Å². The first-order valence-electron chi connectivity index (χ1n) is 8.17. The van der Waals surface area contributed by atoms with Crippen LogP contribution in [0.5, 0.6) is 0 Å². The number of hydrogen-bond acceptors (Lipinski definition) is 4. The lowest BCUT2D eigenvalue weighted by Crippen LogP contribution is -2.27. The molecule has 0 aliphatic heterocycles. The van der Waals surface area contributed by atoms with Crippen LogP contribution in [-0.4, -0.2) is 33.0 Å². The van der Waals surface area contributed by atoms with Crippen LogP contribution < -0.4 is 15.4 Å². The second-order valence-electron chi connectivity index (χ2n) is 6.02. The molecule has 0 aliphatic rings. The number of carbonyl (C=O) groups excluding carboxylic acids is 2. The second-order valence-corrected chi connectivity index (χ2v) is 7.77. The molecule has 0 radical (unpaired) electrons. The maximum absolute atomic E-state index is 13.7. The highest BCUT2D eigenvalue weighted by Gasteiger charge is 2.16. The van der Waals surface area contributed by atoms with E-state index < -0.39 is 27.6 Å². The topological polar surface area (TPSA) is 104 Å². The maximum Gasteiger partial charge on any atom is 0.253 e. The molecule has 0 spiro atoms. The Bertz CT molecular complexity index is 990. The highest BCUT2D eigenvalue weighted by atomic mass is 32.2. The fourth-order valence-corrected chi connectivity index (χ4v) is 3.05. The van der Waals surface area contributed by atoms with E-state index in [0.717, 1.165) is 18.4 Å². The second kappa shape index (κ2) is 8.79. The quantitative estimate of drug-likeness (QED) is 0.650. The minimum absolute atomic E-state index is 0.00572. The Hall–Kier alpha value is -3.01. The Labute approximate surface area is 161 Å². The first-order valence-corrected chi connectivity index (χ1v) is 10.1. The van der Waals surface area contributed by atoms with Gasteiger partial charge in [-0.1, -0.05) is 6.07 Å². The summed E-state index contributed by atoms with van der Waals surface area (Å²) in [6.07, 6.45) is 0.835. The van der Waals surface area contributed by atoms with Crippen LogP contribution in [-0.2, 0) is 21.2 Å². The smallest absolute Gasteiger partial charge is 0.253 e. The van der Waals surface area contributed by atoms with Gasteiger partial charge in [0.15, 0.2) is 0 Å². The van der Waals surface area contributed by atoms with Crippen LogP contribution >= 0.6 is 0 Å². The van der Waals surface area contributed by atoms with E-state index in [2.05, 4.69) is 15.4 Å². The number of anilines is 2. The fraction of sp³-hybridized carbons (Fsp3) is 0.222. The number of hydrogen-bond donors (Lipinski definition) is 3. The Balaban J connectivity index is 2.20. The van der Waals surface area contributed by atoms with Crippen molar-refractivity contribution >= 4 is 33.2 Å². The highest BCUT2D eigenvalue weighted by Crippen LogP contribution is 2.22. The normalized spacial score (nSPS) is 11.0. The van der Waals surface area contributed by atoms with E-state index in [1.54, 1.807) is 0 Å². The van der Waals surface area contributed by atoms with E-state index in [4.69, 9.17) is 0 Å². The lowest BCUT2D eigenvalue weighted by atomic mass is 10.1. The zero-order valence-electron chi connectivity index (χ0n) is 15.2. The molecule has 0 saturated carbocycles. The van der Waals surface area contributed by atoms with E-state index in [9.17, 15) is 26.8 Å². The number of sulfonamides is 1. The van der Waals surface area contributed by atoms with Crippen LogP contribution in [0, 0.1) is 11.6 Å². The summed E-state index contributed by atoms with van der Waals surface area (Å²) >= 11 is 0. The zero-order valence-corrected chi connectivity index (χ0v) is 16.0. The summed E-state index contributed by atoms with van der Waals surface area (Å²) in [6, 6.07) is 7.53. The third kappa shape index (κ3) is 6.02. The van der Waals surface area contributed by atoms with E-state index in [1.165, 1.54) is 31.2 Å². The van der Waals surface area contributed by atoms with Crippen molar-refractivity contribution in [3.05, 3.63) is 59.2 Å². The fourth-order valence-electron chi connectivity index (χ4n) is 2.47. The van der Waals surface area contributed by atoms with Gasteiger partial charge in [0.25, 0.3) is 5.91 Å². The molecule has 28 heavy (non-hydrogen) atoms. The number of nitrogens with one attached hydrogen (secondary N) is 3. The predicted molar refractivity (Wildman–Crippen MR) is 102 cm³/mol. The molecule has 0 atom stereocenters. The molecule has 10 heteroatoms.